The van der Waals surface area contributed by atoms with Crippen LogP contribution in [0.15, 0.2) is 46.8 Å². The van der Waals surface area contributed by atoms with E-state index in [1.165, 1.54) is 28.3 Å². The van der Waals surface area contributed by atoms with Gasteiger partial charge in [-0.15, -0.1) is 11.3 Å². The molecule has 5 aromatic rings. The standard InChI is InChI=1S/C40H37ClF2N8O4S2/c1-23-47-31-18-46-35(49(3)26-10-14-50(15-11-26)40-20-39(21-40,22-40)38(2,42)43)29(17-44)32(31)37(53)51(23)13-5-6-24-7-8-25(41)16-28(24)27-9-12-45-33-30(19-56-34(27)33)36(52)48-57(4,54)55/h7-9,12,16,18-19,26H,10-11,13-15,20-22H2,1-4H3,(H,48,52). The Morgan fingerprint density at radius 1 is 1.18 bits per heavy atom. The molecule has 4 aliphatic rings. The zero-order valence-electron chi connectivity index (χ0n) is 31.5. The molecule has 294 valence electrons. The quantitative estimate of drug-likeness (QED) is 0.181. The Kier molecular flexibility index (Phi) is 9.43. The van der Waals surface area contributed by atoms with Gasteiger partial charge in [-0.25, -0.2) is 31.9 Å². The molecule has 0 unspecified atom stereocenters. The Bertz CT molecular complexity index is 2770. The summed E-state index contributed by atoms with van der Waals surface area (Å²) < 4.78 is 55.7. The van der Waals surface area contributed by atoms with Crippen molar-refractivity contribution in [2.75, 3.05) is 31.3 Å². The lowest BCUT2D eigenvalue weighted by molar-refractivity contribution is -0.313. The number of aryl methyl sites for hydroxylation is 1. The zero-order valence-corrected chi connectivity index (χ0v) is 33.9. The molecule has 1 saturated heterocycles. The van der Waals surface area contributed by atoms with Crippen LogP contribution in [0.2, 0.25) is 5.02 Å². The topological polar surface area (TPSA) is 154 Å². The van der Waals surface area contributed by atoms with E-state index in [0.29, 0.717) is 68.4 Å². The number of hydrogen-bond acceptors (Lipinski definition) is 11. The number of hydrogen-bond donors (Lipinski definition) is 1. The number of rotatable bonds is 8. The smallest absolute Gasteiger partial charge is 0.267 e. The van der Waals surface area contributed by atoms with E-state index in [9.17, 15) is 32.0 Å². The number of carbonyl (C=O) groups excluding carboxylic acids is 1. The molecule has 3 saturated carbocycles. The van der Waals surface area contributed by atoms with Crippen LogP contribution in [0.3, 0.4) is 0 Å². The molecule has 1 amide bonds. The van der Waals surface area contributed by atoms with Crippen LogP contribution in [0.5, 0.6) is 0 Å². The van der Waals surface area contributed by atoms with Crippen LogP contribution in [0.1, 0.15) is 66.3 Å². The number of thiophene rings is 1. The largest absolute Gasteiger partial charge is 0.355 e. The van der Waals surface area contributed by atoms with Crippen molar-refractivity contribution in [1.82, 2.24) is 29.1 Å². The maximum atomic E-state index is 14.1. The molecule has 0 radical (unpaired) electrons. The number of nitriles is 1. The van der Waals surface area contributed by atoms with E-state index in [1.54, 1.807) is 36.6 Å². The Morgan fingerprint density at radius 3 is 2.56 bits per heavy atom. The van der Waals surface area contributed by atoms with Crippen molar-refractivity contribution in [1.29, 1.82) is 5.26 Å². The average molecular weight is 831 g/mol. The summed E-state index contributed by atoms with van der Waals surface area (Å²) in [6, 6.07) is 9.19. The summed E-state index contributed by atoms with van der Waals surface area (Å²) in [5.74, 6) is 3.58. The maximum absolute atomic E-state index is 14.1. The molecule has 1 N–H and O–H groups in total. The second kappa shape index (κ2) is 13.8. The van der Waals surface area contributed by atoms with Crippen molar-refractivity contribution in [3.63, 3.8) is 0 Å². The molecule has 12 nitrogen and oxygen atoms in total. The second-order valence-electron chi connectivity index (χ2n) is 15.5. The van der Waals surface area contributed by atoms with Crippen molar-refractivity contribution < 1.29 is 22.0 Å². The van der Waals surface area contributed by atoms with Gasteiger partial charge < -0.3 is 4.90 Å². The monoisotopic (exact) mass is 830 g/mol. The number of benzene rings is 1. The number of nitrogens with zero attached hydrogens (tertiary/aromatic N) is 7. The van der Waals surface area contributed by atoms with Gasteiger partial charge in [0.15, 0.2) is 0 Å². The number of nitrogens with one attached hydrogen (secondary N) is 1. The van der Waals surface area contributed by atoms with Gasteiger partial charge in [0.2, 0.25) is 10.0 Å². The first kappa shape index (κ1) is 38.9. The van der Waals surface area contributed by atoms with Gasteiger partial charge in [-0.3, -0.25) is 24.0 Å². The lowest BCUT2D eigenvalue weighted by atomic mass is 9.36. The van der Waals surface area contributed by atoms with Crippen LogP contribution in [-0.4, -0.2) is 82.6 Å². The minimum absolute atomic E-state index is 0.0411. The Morgan fingerprint density at radius 2 is 1.89 bits per heavy atom. The number of pyridine rings is 2. The zero-order chi connectivity index (χ0) is 40.7. The van der Waals surface area contributed by atoms with Crippen LogP contribution in [0.25, 0.3) is 32.2 Å². The highest BCUT2D eigenvalue weighted by molar-refractivity contribution is 7.89. The fourth-order valence-electron chi connectivity index (χ4n) is 8.90. The van der Waals surface area contributed by atoms with Crippen molar-refractivity contribution in [2.24, 2.45) is 5.41 Å². The van der Waals surface area contributed by atoms with Gasteiger partial charge in [0.05, 0.1) is 45.7 Å². The first-order valence-electron chi connectivity index (χ1n) is 18.3. The predicted octanol–water partition coefficient (Wildman–Crippen LogP) is 6.12. The highest BCUT2D eigenvalue weighted by atomic mass is 35.5. The van der Waals surface area contributed by atoms with Gasteiger partial charge in [-0.2, -0.15) is 5.26 Å². The summed E-state index contributed by atoms with van der Waals surface area (Å²) in [6.07, 6.45) is 7.11. The maximum Gasteiger partial charge on any atom is 0.267 e. The van der Waals surface area contributed by atoms with Crippen molar-refractivity contribution in [2.45, 2.75) is 70.0 Å². The first-order chi connectivity index (χ1) is 26.9. The molecule has 5 heterocycles. The van der Waals surface area contributed by atoms with E-state index in [-0.39, 0.29) is 34.6 Å². The molecule has 3 aliphatic carbocycles. The van der Waals surface area contributed by atoms with Crippen LogP contribution in [0, 0.1) is 35.5 Å². The number of halogens is 3. The molecular weight excluding hydrogens is 794 g/mol. The molecule has 17 heteroatoms. The number of anilines is 1. The number of aromatic nitrogens is 4. The summed E-state index contributed by atoms with van der Waals surface area (Å²) in [5.41, 5.74) is 1.40. The lowest BCUT2D eigenvalue weighted by Gasteiger charge is -2.75. The molecule has 4 aromatic heterocycles. The van der Waals surface area contributed by atoms with Crippen LogP contribution in [0.4, 0.5) is 14.6 Å². The Labute approximate surface area is 336 Å². The van der Waals surface area contributed by atoms with Gasteiger partial charge in [0.1, 0.15) is 23.3 Å². The number of amides is 1. The van der Waals surface area contributed by atoms with Crippen molar-refractivity contribution >= 4 is 65.8 Å². The molecule has 1 aliphatic heterocycles. The third-order valence-electron chi connectivity index (χ3n) is 11.9. The predicted molar refractivity (Wildman–Crippen MR) is 215 cm³/mol. The van der Waals surface area contributed by atoms with E-state index in [2.05, 4.69) is 37.8 Å². The fraction of sp³-hybridized carbons (Fsp3) is 0.400. The number of likely N-dealkylation sites (tertiary alicyclic amines) is 1. The molecule has 1 aromatic carbocycles. The highest BCUT2D eigenvalue weighted by Crippen LogP contribution is 2.75. The van der Waals surface area contributed by atoms with Gasteiger partial charge in [-0.1, -0.05) is 23.4 Å². The van der Waals surface area contributed by atoms with Crippen LogP contribution in [-0.2, 0) is 16.6 Å². The first-order valence-corrected chi connectivity index (χ1v) is 21.4. The molecule has 4 fully saturated rings. The summed E-state index contributed by atoms with van der Waals surface area (Å²) in [6.45, 7) is 4.21. The molecular formula is C40H37ClF2N8O4S2. The summed E-state index contributed by atoms with van der Waals surface area (Å²) >= 11 is 7.66. The van der Waals surface area contributed by atoms with E-state index in [0.717, 1.165) is 39.1 Å². The van der Waals surface area contributed by atoms with Crippen molar-refractivity contribution in [3.8, 4) is 29.0 Å². The van der Waals surface area contributed by atoms with Gasteiger partial charge >= 0.3 is 0 Å². The van der Waals surface area contributed by atoms with Crippen molar-refractivity contribution in [3.05, 3.63) is 79.9 Å². The van der Waals surface area contributed by atoms with E-state index >= 15 is 0 Å². The summed E-state index contributed by atoms with van der Waals surface area (Å²) in [7, 11) is -1.92. The molecule has 2 bridgehead atoms. The van der Waals surface area contributed by atoms with Crippen LogP contribution < -0.4 is 15.2 Å². The van der Waals surface area contributed by atoms with E-state index < -0.39 is 32.8 Å². The number of fused-ring (bicyclic) bond motifs is 2. The minimum atomic E-state index is -3.79. The number of piperidine rings is 1. The second-order valence-corrected chi connectivity index (χ2v) is 18.6. The lowest BCUT2D eigenvalue weighted by Crippen LogP contribution is -2.79. The molecule has 0 atom stereocenters. The van der Waals surface area contributed by atoms with Crippen LogP contribution >= 0.6 is 22.9 Å². The Balaban J connectivity index is 1.05. The SMILES string of the molecule is Cc1nc2cnc(N(C)C3CCN(C45CC(C(C)(F)F)(C4)C5)CC3)c(C#N)c2c(=O)n1CC#Cc1ccc(Cl)cc1-c1ccnc2c(C(=O)NS(C)(=O)=O)csc12. The number of sulfonamides is 1. The third-order valence-corrected chi connectivity index (χ3v) is 13.7. The third kappa shape index (κ3) is 6.62. The number of carbonyl (C=O) groups is 1. The normalized spacial score (nSPS) is 20.9. The Hall–Kier alpha value is -5.00. The highest BCUT2D eigenvalue weighted by Gasteiger charge is 2.77. The van der Waals surface area contributed by atoms with Gasteiger partial charge in [0.25, 0.3) is 17.4 Å². The van der Waals surface area contributed by atoms with Gasteiger partial charge in [-0.05, 0) is 70.2 Å². The summed E-state index contributed by atoms with van der Waals surface area (Å²) in [5, 5.41) is 12.6. The number of alkyl halides is 2. The molecule has 0 spiro atoms. The van der Waals surface area contributed by atoms with E-state index in [1.807, 2.05) is 16.7 Å². The summed E-state index contributed by atoms with van der Waals surface area (Å²) in [4.78, 5) is 44.8. The molecule has 9 rings (SSSR count). The van der Waals surface area contributed by atoms with Gasteiger partial charge in [0, 0.05) is 70.4 Å². The molecule has 57 heavy (non-hydrogen) atoms. The van der Waals surface area contributed by atoms with E-state index in [4.69, 9.17) is 11.6 Å². The minimum Gasteiger partial charge on any atom is -0.355 e. The fourth-order valence-corrected chi connectivity index (χ4v) is 10.5. The average Bonchev–Trinajstić information content (AvgIpc) is 3.55.